The highest BCUT2D eigenvalue weighted by molar-refractivity contribution is 14.0. The van der Waals surface area contributed by atoms with Crippen LogP contribution in [0.5, 0.6) is 0 Å². The van der Waals surface area contributed by atoms with Crippen molar-refractivity contribution >= 4 is 160 Å². The SMILES string of the molecule is Brc1ccc2[nH]ccc2c1.C=CS(=O)(=O)c1ccccc1.CC[C@H](Cc1c[nH]c2ccc(/C=C/Cc3ccccc3)cc12)N(C)C.CC[C@H](Cc1c[nH]c2ccc(CCCc3ccccc3)cc12)N(C)C.CN1CCCC1C(=O)c1c[nH]c2ccc(Br)cc12.CN1CCCC1OCCl.CN1CCC[C@@H]1Cc1c[nH]c2ccc(Br)cc12.I. The number of nitrogens with zero attached hydrogens (tertiary/aromatic N) is 5. The Labute approximate surface area is 736 Å². The van der Waals surface area contributed by atoms with E-state index in [1.54, 1.807) is 18.2 Å². The lowest BCUT2D eigenvalue weighted by atomic mass is 9.99. The predicted molar refractivity (Wildman–Crippen MR) is 511 cm³/mol. The second-order valence-electron chi connectivity index (χ2n) is 30.7. The van der Waals surface area contributed by atoms with Crippen molar-refractivity contribution in [2.75, 3.05) is 75.0 Å². The van der Waals surface area contributed by atoms with Gasteiger partial charge in [0.25, 0.3) is 0 Å². The van der Waals surface area contributed by atoms with Crippen LogP contribution in [0, 0.1) is 0 Å². The summed E-state index contributed by atoms with van der Waals surface area (Å²) in [7, 11) is 11.8. The van der Waals surface area contributed by atoms with Gasteiger partial charge in [0.05, 0.1) is 10.9 Å². The number of H-pyrrole nitrogens is 5. The number of fused-ring (bicyclic) bond motifs is 5. The molecule has 0 amide bonds. The fourth-order valence-electron chi connectivity index (χ4n) is 15.4. The standard InChI is InChI=1S/C23H30N2.C23H28N2.C14H15BrN2O.C14H17BrN2.C8H6BrN.C8H8O2S.C6H12ClNO.HI/c2*1-4-21(25(2)3)16-20-17-24-23-14-13-19(15-22(20)23)12-8-11-18-9-6-5-7-10-18;1-17-6-2-3-13(17)14(18)11-8-16-12-5-4-9(15)7-10(11)12;1-17-6-2-3-12(17)7-10-9-16-14-5-4-11(15)8-13(10)14;9-7-1-2-8-6(5-7)3-4-10-8;1-2-11(9,10)8-6-4-3-5-7-8;1-8-4-2-3-6(8)9-5-7;/h5-7,9-10,13-15,17,21,24H,4,8,11-12,16H2,1-3H3;5-10,12-15,17,21,24H,4,11,16H2,1-3H3;4-5,7-8,13,16H,2-3,6H2,1H3;4-5,8-9,12,16H,2-3,6-7H2,1H3;1-5,10H;2-7H,1H2;6H,2-5H2,1H3;1H/b;12-8+;;;;;;/t2*21-;;12-;;;;/m11.1..../s1. The molecular formula is C96H117Br3ClIN10O4S. The number of carbonyl (C=O) groups is 1. The fraction of sp³-hybridized carbons (Fsp3) is 0.344. The van der Waals surface area contributed by atoms with Crippen LogP contribution in [-0.2, 0) is 53.1 Å². The maximum atomic E-state index is 12.6. The van der Waals surface area contributed by atoms with Crippen LogP contribution in [0.15, 0.2) is 255 Å². The third-order valence-electron chi connectivity index (χ3n) is 22.3. The molecule has 2 unspecified atom stereocenters. The summed E-state index contributed by atoms with van der Waals surface area (Å²) in [5.74, 6) is 0.236. The third-order valence-corrected chi connectivity index (χ3v) is 25.3. The maximum Gasteiger partial charge on any atom is 0.199 e. The van der Waals surface area contributed by atoms with E-state index in [9.17, 15) is 13.2 Å². The highest BCUT2D eigenvalue weighted by atomic mass is 127. The second kappa shape index (κ2) is 47.0. The van der Waals surface area contributed by atoms with Crippen LogP contribution in [0.25, 0.3) is 60.6 Å². The number of aromatic amines is 5. The molecule has 3 fully saturated rings. The molecule has 20 heteroatoms. The number of hydrogen-bond donors (Lipinski definition) is 5. The molecular weight excluding hydrogens is 1790 g/mol. The van der Waals surface area contributed by atoms with Gasteiger partial charge in [-0.05, 0) is 295 Å². The molecule has 116 heavy (non-hydrogen) atoms. The first kappa shape index (κ1) is 92.7. The Morgan fingerprint density at radius 3 is 1.61 bits per heavy atom. The van der Waals surface area contributed by atoms with Gasteiger partial charge in [-0.25, -0.2) is 8.42 Å². The number of allylic oxidation sites excluding steroid dienone is 1. The third kappa shape index (κ3) is 27.1. The Hall–Kier alpha value is -7.22. The molecule has 0 radical (unpaired) electrons. The molecule has 13 aromatic rings. The monoisotopic (exact) mass is 1900 g/mol. The number of likely N-dealkylation sites (tertiary alicyclic amines) is 3. The highest BCUT2D eigenvalue weighted by Gasteiger charge is 2.30. The van der Waals surface area contributed by atoms with Crippen LogP contribution in [-0.4, -0.2) is 169 Å². The van der Waals surface area contributed by atoms with E-state index >= 15 is 0 Å². The molecule has 0 spiro atoms. The zero-order valence-electron chi connectivity index (χ0n) is 68.7. The Balaban J connectivity index is 0.000000159. The van der Waals surface area contributed by atoms with Crippen LogP contribution in [0.1, 0.15) is 121 Å². The van der Waals surface area contributed by atoms with Gasteiger partial charge in [0.1, 0.15) is 12.3 Å². The van der Waals surface area contributed by atoms with Crippen LogP contribution >= 0.6 is 83.4 Å². The minimum Gasteiger partial charge on any atom is -0.361 e. The maximum absolute atomic E-state index is 12.6. The number of rotatable bonds is 23. The minimum absolute atomic E-state index is 0. The Morgan fingerprint density at radius 2 is 1.05 bits per heavy atom. The number of hydrogen-bond acceptors (Lipinski definition) is 9. The lowest BCUT2D eigenvalue weighted by Gasteiger charge is -2.22. The summed E-state index contributed by atoms with van der Waals surface area (Å²) in [5, 5.41) is 7.31. The van der Waals surface area contributed by atoms with Gasteiger partial charge in [-0.2, -0.15) is 0 Å². The van der Waals surface area contributed by atoms with E-state index in [1.807, 2.05) is 43.7 Å². The molecule has 616 valence electrons. The molecule has 0 bridgehead atoms. The fourth-order valence-corrected chi connectivity index (χ4v) is 17.4. The van der Waals surface area contributed by atoms with Crippen LogP contribution in [0.3, 0.4) is 0 Å². The molecule has 3 aliphatic rings. The second-order valence-corrected chi connectivity index (χ2v) is 35.5. The number of aromatic nitrogens is 5. The molecule has 5 atom stereocenters. The predicted octanol–water partition coefficient (Wildman–Crippen LogP) is 23.7. The summed E-state index contributed by atoms with van der Waals surface area (Å²) in [6.07, 6.45) is 32.3. The van der Waals surface area contributed by atoms with Crippen molar-refractivity contribution in [3.05, 3.63) is 295 Å². The van der Waals surface area contributed by atoms with Gasteiger partial charge < -0.3 is 44.4 Å². The number of Topliss-reactive ketones (excluding diaryl/α,β-unsaturated/α-hetero) is 1. The largest absolute Gasteiger partial charge is 0.361 e. The van der Waals surface area contributed by atoms with Crippen molar-refractivity contribution in [3.8, 4) is 0 Å². The molecule has 3 aliphatic heterocycles. The minimum atomic E-state index is -3.23. The van der Waals surface area contributed by atoms with E-state index < -0.39 is 9.84 Å². The number of aryl methyl sites for hydroxylation is 2. The van der Waals surface area contributed by atoms with E-state index in [4.69, 9.17) is 16.3 Å². The molecule has 8 heterocycles. The average molecular weight is 1910 g/mol. The number of ether oxygens (including phenoxy) is 1. The number of nitrogens with one attached hydrogen (secondary N) is 5. The molecule has 0 aliphatic carbocycles. The summed E-state index contributed by atoms with van der Waals surface area (Å²) in [6, 6.07) is 66.1. The zero-order chi connectivity index (χ0) is 81.8. The van der Waals surface area contributed by atoms with Gasteiger partial charge >= 0.3 is 0 Å². The molecule has 0 saturated carbocycles. The lowest BCUT2D eigenvalue weighted by molar-refractivity contribution is 0.0000464. The normalized spacial score (nSPS) is 16.1. The number of likely N-dealkylation sites (N-methyl/N-ethyl adjacent to an activating group) is 4. The Kier molecular flexibility index (Phi) is 37.5. The van der Waals surface area contributed by atoms with Gasteiger partial charge in [-0.1, -0.05) is 183 Å². The van der Waals surface area contributed by atoms with Gasteiger partial charge in [0.15, 0.2) is 15.6 Å². The van der Waals surface area contributed by atoms with E-state index in [0.29, 0.717) is 24.2 Å². The number of halogens is 5. The molecule has 14 nitrogen and oxygen atoms in total. The van der Waals surface area contributed by atoms with Crippen molar-refractivity contribution < 1.29 is 17.9 Å². The molecule has 5 aromatic heterocycles. The number of alkyl halides is 1. The quantitative estimate of drug-likeness (QED) is 0.0239. The first-order chi connectivity index (χ1) is 55.6. The van der Waals surface area contributed by atoms with E-state index in [1.165, 1.54) is 133 Å². The summed E-state index contributed by atoms with van der Waals surface area (Å²) in [4.78, 5) is 40.9. The van der Waals surface area contributed by atoms with Crippen LogP contribution in [0.2, 0.25) is 0 Å². The Morgan fingerprint density at radius 1 is 0.552 bits per heavy atom. The van der Waals surface area contributed by atoms with E-state index in [-0.39, 0.29) is 46.9 Å². The number of sulfone groups is 1. The van der Waals surface area contributed by atoms with Crippen molar-refractivity contribution in [2.45, 2.75) is 145 Å². The molecule has 3 saturated heterocycles. The summed E-state index contributed by atoms with van der Waals surface area (Å²) >= 11 is 15.8. The smallest absolute Gasteiger partial charge is 0.199 e. The summed E-state index contributed by atoms with van der Waals surface area (Å²) in [6.45, 7) is 11.2. The zero-order valence-corrected chi connectivity index (χ0v) is 77.4. The first-order valence-electron chi connectivity index (χ1n) is 40.4. The van der Waals surface area contributed by atoms with Crippen LogP contribution < -0.4 is 0 Å². The lowest BCUT2D eigenvalue weighted by Crippen LogP contribution is -2.32. The van der Waals surface area contributed by atoms with Gasteiger partial charge in [-0.3, -0.25) is 14.6 Å². The van der Waals surface area contributed by atoms with Gasteiger partial charge in [-0.15, -0.1) is 24.0 Å². The van der Waals surface area contributed by atoms with Crippen molar-refractivity contribution in [3.63, 3.8) is 0 Å². The first-order valence-corrected chi connectivity index (χ1v) is 44.8. The highest BCUT2D eigenvalue weighted by Crippen LogP contribution is 2.31. The molecule has 5 N–H and O–H groups in total. The van der Waals surface area contributed by atoms with Gasteiger partial charge in [0.2, 0.25) is 0 Å². The van der Waals surface area contributed by atoms with Crippen molar-refractivity contribution in [2.24, 2.45) is 0 Å². The van der Waals surface area contributed by atoms with E-state index in [0.717, 1.165) is 113 Å². The van der Waals surface area contributed by atoms with Crippen molar-refractivity contribution in [1.29, 1.82) is 0 Å². The van der Waals surface area contributed by atoms with E-state index in [2.05, 4.69) is 324 Å². The molecule has 16 rings (SSSR count). The number of carbonyl (C=O) groups excluding carboxylic acids is 1. The topological polar surface area (TPSA) is 156 Å². The number of benzene rings is 8. The molecule has 8 aromatic carbocycles. The number of ketones is 1. The van der Waals surface area contributed by atoms with Gasteiger partial charge in [0, 0.05) is 135 Å². The Bertz CT molecular complexity index is 5300. The summed E-state index contributed by atoms with van der Waals surface area (Å²) in [5.41, 5.74) is 16.5. The summed E-state index contributed by atoms with van der Waals surface area (Å²) < 4.78 is 30.7. The van der Waals surface area contributed by atoms with Crippen molar-refractivity contribution in [1.82, 2.24) is 49.4 Å². The van der Waals surface area contributed by atoms with Crippen LogP contribution in [0.4, 0.5) is 0 Å². The average Bonchev–Trinajstić information content (AvgIpc) is 1.65.